The summed E-state index contributed by atoms with van der Waals surface area (Å²) in [6.45, 7) is 1.92. The fraction of sp³-hybridized carbons (Fsp3) is 0.250. The molecule has 2 rings (SSSR count). The van der Waals surface area contributed by atoms with E-state index in [-0.39, 0.29) is 30.7 Å². The van der Waals surface area contributed by atoms with Gasteiger partial charge in [-0.3, -0.25) is 14.4 Å². The average molecular weight is 354 g/mol. The van der Waals surface area contributed by atoms with E-state index in [1.165, 1.54) is 0 Å². The van der Waals surface area contributed by atoms with Gasteiger partial charge in [-0.15, -0.1) is 0 Å². The standard InChI is InChI=1S/C20H22N2O4/c1-14(15-6-3-2-4-7-15)21-20(26)16-10-12-17(13-11-16)22-18(23)8-5-9-19(24)25/h2-4,6-7,10-14H,5,8-9H2,1H3,(H,21,26)(H,22,23)(H,24,25). The molecule has 6 heteroatoms. The topological polar surface area (TPSA) is 95.5 Å². The van der Waals surface area contributed by atoms with E-state index in [4.69, 9.17) is 5.11 Å². The zero-order valence-electron chi connectivity index (χ0n) is 14.6. The predicted octanol–water partition coefficient (Wildman–Crippen LogP) is 3.37. The fourth-order valence-corrected chi connectivity index (χ4v) is 2.43. The first kappa shape index (κ1) is 19.2. The van der Waals surface area contributed by atoms with Crippen molar-refractivity contribution in [3.8, 4) is 0 Å². The molecule has 0 saturated carbocycles. The van der Waals surface area contributed by atoms with Crippen LogP contribution < -0.4 is 10.6 Å². The second-order valence-corrected chi connectivity index (χ2v) is 5.98. The Bertz CT molecular complexity index is 757. The third kappa shape index (κ3) is 6.05. The highest BCUT2D eigenvalue weighted by Gasteiger charge is 2.11. The Kier molecular flexibility index (Phi) is 6.91. The second-order valence-electron chi connectivity index (χ2n) is 5.98. The zero-order valence-corrected chi connectivity index (χ0v) is 14.6. The molecular weight excluding hydrogens is 332 g/mol. The Morgan fingerprint density at radius 1 is 0.962 bits per heavy atom. The maximum Gasteiger partial charge on any atom is 0.303 e. The van der Waals surface area contributed by atoms with E-state index in [1.54, 1.807) is 24.3 Å². The van der Waals surface area contributed by atoms with Gasteiger partial charge in [0.25, 0.3) is 5.91 Å². The summed E-state index contributed by atoms with van der Waals surface area (Å²) in [5, 5.41) is 14.2. The van der Waals surface area contributed by atoms with Crippen molar-refractivity contribution in [2.24, 2.45) is 0 Å². The molecule has 136 valence electrons. The summed E-state index contributed by atoms with van der Waals surface area (Å²) in [6.07, 6.45) is 0.397. The number of rotatable bonds is 8. The Labute approximate surface area is 152 Å². The highest BCUT2D eigenvalue weighted by molar-refractivity contribution is 5.96. The number of hydrogen-bond acceptors (Lipinski definition) is 3. The molecule has 2 aromatic rings. The van der Waals surface area contributed by atoms with Gasteiger partial charge >= 0.3 is 5.97 Å². The molecule has 0 radical (unpaired) electrons. The van der Waals surface area contributed by atoms with Crippen molar-refractivity contribution in [2.45, 2.75) is 32.2 Å². The molecule has 3 N–H and O–H groups in total. The minimum atomic E-state index is -0.919. The lowest BCUT2D eigenvalue weighted by molar-refractivity contribution is -0.137. The number of aliphatic carboxylic acids is 1. The van der Waals surface area contributed by atoms with Crippen molar-refractivity contribution in [3.05, 3.63) is 65.7 Å². The van der Waals surface area contributed by atoms with Crippen LogP contribution in [-0.2, 0) is 9.59 Å². The summed E-state index contributed by atoms with van der Waals surface area (Å²) in [5.41, 5.74) is 2.08. The van der Waals surface area contributed by atoms with Crippen LogP contribution in [0.2, 0.25) is 0 Å². The van der Waals surface area contributed by atoms with Crippen LogP contribution in [0.15, 0.2) is 54.6 Å². The Hall–Kier alpha value is -3.15. The number of nitrogens with one attached hydrogen (secondary N) is 2. The first-order valence-corrected chi connectivity index (χ1v) is 8.43. The summed E-state index contributed by atoms with van der Waals surface area (Å²) in [5.74, 6) is -1.36. The Morgan fingerprint density at radius 2 is 1.62 bits per heavy atom. The van der Waals surface area contributed by atoms with Gasteiger partial charge in [-0.1, -0.05) is 30.3 Å². The van der Waals surface area contributed by atoms with Crippen LogP contribution in [0.25, 0.3) is 0 Å². The van der Waals surface area contributed by atoms with E-state index >= 15 is 0 Å². The minimum Gasteiger partial charge on any atom is -0.481 e. The van der Waals surface area contributed by atoms with Gasteiger partial charge in [-0.05, 0) is 43.2 Å². The predicted molar refractivity (Wildman–Crippen MR) is 98.9 cm³/mol. The molecular formula is C20H22N2O4. The molecule has 1 unspecified atom stereocenters. The van der Waals surface area contributed by atoms with Crippen LogP contribution in [0.1, 0.15) is 48.1 Å². The molecule has 0 saturated heterocycles. The smallest absolute Gasteiger partial charge is 0.303 e. The van der Waals surface area contributed by atoms with E-state index in [9.17, 15) is 14.4 Å². The summed E-state index contributed by atoms with van der Waals surface area (Å²) in [7, 11) is 0. The molecule has 2 amide bonds. The van der Waals surface area contributed by atoms with Crippen molar-refractivity contribution in [2.75, 3.05) is 5.32 Å². The molecule has 0 aliphatic rings. The van der Waals surface area contributed by atoms with Crippen molar-refractivity contribution in [3.63, 3.8) is 0 Å². The van der Waals surface area contributed by atoms with E-state index in [0.717, 1.165) is 5.56 Å². The van der Waals surface area contributed by atoms with Gasteiger partial charge in [0.2, 0.25) is 5.91 Å². The van der Waals surface area contributed by atoms with E-state index < -0.39 is 5.97 Å². The maximum atomic E-state index is 12.3. The monoisotopic (exact) mass is 354 g/mol. The summed E-state index contributed by atoms with van der Waals surface area (Å²) in [4.78, 5) is 34.5. The molecule has 1 atom stereocenters. The van der Waals surface area contributed by atoms with Crippen molar-refractivity contribution >= 4 is 23.5 Å². The van der Waals surface area contributed by atoms with Crippen molar-refractivity contribution in [1.82, 2.24) is 5.32 Å². The highest BCUT2D eigenvalue weighted by Crippen LogP contribution is 2.14. The van der Waals surface area contributed by atoms with Gasteiger partial charge in [0.15, 0.2) is 0 Å². The number of carboxylic acid groups (broad SMARTS) is 1. The summed E-state index contributed by atoms with van der Waals surface area (Å²) < 4.78 is 0. The largest absolute Gasteiger partial charge is 0.481 e. The van der Waals surface area contributed by atoms with Gasteiger partial charge in [-0.2, -0.15) is 0 Å². The Morgan fingerprint density at radius 3 is 2.23 bits per heavy atom. The first-order chi connectivity index (χ1) is 12.5. The molecule has 0 fully saturated rings. The summed E-state index contributed by atoms with van der Waals surface area (Å²) >= 11 is 0. The number of carboxylic acids is 1. The van der Waals surface area contributed by atoms with Crippen LogP contribution in [0.3, 0.4) is 0 Å². The fourth-order valence-electron chi connectivity index (χ4n) is 2.43. The number of hydrogen-bond donors (Lipinski definition) is 3. The van der Waals surface area contributed by atoms with Gasteiger partial charge in [0.1, 0.15) is 0 Å². The lowest BCUT2D eigenvalue weighted by Crippen LogP contribution is -2.26. The average Bonchev–Trinajstić information content (AvgIpc) is 2.62. The molecule has 2 aromatic carbocycles. The van der Waals surface area contributed by atoms with Crippen LogP contribution in [0.4, 0.5) is 5.69 Å². The van der Waals surface area contributed by atoms with E-state index in [0.29, 0.717) is 17.7 Å². The number of anilines is 1. The van der Waals surface area contributed by atoms with E-state index in [2.05, 4.69) is 10.6 Å². The van der Waals surface area contributed by atoms with Crippen LogP contribution in [0.5, 0.6) is 0 Å². The van der Waals surface area contributed by atoms with Gasteiger partial charge < -0.3 is 15.7 Å². The molecule has 0 spiro atoms. The SMILES string of the molecule is CC(NC(=O)c1ccc(NC(=O)CCCC(=O)O)cc1)c1ccccc1. The maximum absolute atomic E-state index is 12.3. The third-order valence-corrected chi connectivity index (χ3v) is 3.87. The van der Waals surface area contributed by atoms with Gasteiger partial charge in [0, 0.05) is 24.1 Å². The molecule has 0 aliphatic carbocycles. The minimum absolute atomic E-state index is 0.0356. The van der Waals surface area contributed by atoms with Gasteiger partial charge in [-0.25, -0.2) is 0 Å². The lowest BCUT2D eigenvalue weighted by Gasteiger charge is -2.14. The molecule has 0 aromatic heterocycles. The molecule has 0 aliphatic heterocycles. The summed E-state index contributed by atoms with van der Waals surface area (Å²) in [6, 6.07) is 16.1. The lowest BCUT2D eigenvalue weighted by atomic mass is 10.1. The normalized spacial score (nSPS) is 11.4. The molecule has 0 heterocycles. The van der Waals surface area contributed by atoms with Crippen LogP contribution in [-0.4, -0.2) is 22.9 Å². The van der Waals surface area contributed by atoms with Crippen molar-refractivity contribution in [1.29, 1.82) is 0 Å². The molecule has 6 nitrogen and oxygen atoms in total. The number of carbonyl (C=O) groups is 3. The zero-order chi connectivity index (χ0) is 18.9. The van der Waals surface area contributed by atoms with E-state index in [1.807, 2.05) is 37.3 Å². The highest BCUT2D eigenvalue weighted by atomic mass is 16.4. The number of amides is 2. The van der Waals surface area contributed by atoms with Crippen LogP contribution in [0, 0.1) is 0 Å². The van der Waals surface area contributed by atoms with Crippen molar-refractivity contribution < 1.29 is 19.5 Å². The van der Waals surface area contributed by atoms with Gasteiger partial charge in [0.05, 0.1) is 6.04 Å². The second kappa shape index (κ2) is 9.36. The third-order valence-electron chi connectivity index (χ3n) is 3.87. The Balaban J connectivity index is 1.87. The molecule has 26 heavy (non-hydrogen) atoms. The number of benzene rings is 2. The molecule has 0 bridgehead atoms. The first-order valence-electron chi connectivity index (χ1n) is 8.43. The number of carbonyl (C=O) groups excluding carboxylic acids is 2. The van der Waals surface area contributed by atoms with Crippen LogP contribution >= 0.6 is 0 Å². The quantitative estimate of drug-likeness (QED) is 0.677.